The zero-order chi connectivity index (χ0) is 24.2. The van der Waals surface area contributed by atoms with Crippen LogP contribution in [0.5, 0.6) is 11.5 Å². The molecule has 0 aliphatic rings. The van der Waals surface area contributed by atoms with Gasteiger partial charge in [-0.2, -0.15) is 0 Å². The number of aromatic carboxylic acids is 1. The first-order chi connectivity index (χ1) is 16.3. The van der Waals surface area contributed by atoms with E-state index in [4.69, 9.17) is 4.74 Å². The number of carboxylic acid groups (broad SMARTS) is 1. The zero-order valence-corrected chi connectivity index (χ0v) is 17.9. The Bertz CT molecular complexity index is 1360. The van der Waals surface area contributed by atoms with Gasteiger partial charge in [0.2, 0.25) is 5.78 Å². The number of hydrogen-bond donors (Lipinski definition) is 1. The Kier molecular flexibility index (Phi) is 6.31. The van der Waals surface area contributed by atoms with Crippen LogP contribution in [0.1, 0.15) is 26.4 Å². The Morgan fingerprint density at radius 3 is 2.26 bits per heavy atom. The number of nitrogens with zero attached hydrogens (tertiary/aromatic N) is 2. The molecule has 0 radical (unpaired) electrons. The molecule has 0 fully saturated rings. The molecule has 0 aliphatic heterocycles. The molecule has 6 nitrogen and oxygen atoms in total. The molecular formula is C26H18F2N2O4. The second-order valence-corrected chi connectivity index (χ2v) is 7.32. The maximum atomic E-state index is 13.5. The van der Waals surface area contributed by atoms with Gasteiger partial charge in [-0.1, -0.05) is 18.2 Å². The lowest BCUT2D eigenvalue weighted by atomic mass is 10.0. The fourth-order valence-electron chi connectivity index (χ4n) is 3.25. The molecule has 0 unspecified atom stereocenters. The van der Waals surface area contributed by atoms with Crippen LogP contribution in [-0.2, 0) is 0 Å². The van der Waals surface area contributed by atoms with Crippen molar-refractivity contribution in [2.75, 3.05) is 11.9 Å². The molecule has 4 rings (SSSR count). The minimum atomic E-state index is -1.24. The molecule has 0 saturated carbocycles. The second-order valence-electron chi connectivity index (χ2n) is 7.32. The summed E-state index contributed by atoms with van der Waals surface area (Å²) in [5.41, 5.74) is 1.01. The van der Waals surface area contributed by atoms with Crippen LogP contribution in [0, 0.1) is 11.6 Å². The van der Waals surface area contributed by atoms with E-state index in [0.29, 0.717) is 17.1 Å². The van der Waals surface area contributed by atoms with Gasteiger partial charge in [0.25, 0.3) is 0 Å². The molecule has 34 heavy (non-hydrogen) atoms. The number of carbonyl (C=O) groups is 2. The minimum Gasteiger partial charge on any atom is -0.478 e. The smallest absolute Gasteiger partial charge is 0.339 e. The Morgan fingerprint density at radius 1 is 0.882 bits per heavy atom. The molecule has 3 aromatic carbocycles. The highest BCUT2D eigenvalue weighted by Gasteiger charge is 2.18. The van der Waals surface area contributed by atoms with Crippen molar-refractivity contribution in [1.29, 1.82) is 0 Å². The maximum Gasteiger partial charge on any atom is 0.339 e. The number of halogens is 2. The van der Waals surface area contributed by atoms with E-state index in [-0.39, 0.29) is 22.6 Å². The van der Waals surface area contributed by atoms with Crippen molar-refractivity contribution in [2.45, 2.75) is 0 Å². The van der Waals surface area contributed by atoms with Crippen LogP contribution in [0.2, 0.25) is 0 Å². The number of para-hydroxylation sites is 1. The lowest BCUT2D eigenvalue weighted by Gasteiger charge is -2.19. The fourth-order valence-corrected chi connectivity index (χ4v) is 3.25. The Balaban J connectivity index is 1.57. The number of anilines is 2. The number of rotatable bonds is 7. The Labute approximate surface area is 193 Å². The summed E-state index contributed by atoms with van der Waals surface area (Å²) in [7, 11) is 1.65. The third kappa shape index (κ3) is 4.75. The molecule has 8 heteroatoms. The lowest BCUT2D eigenvalue weighted by Crippen LogP contribution is -2.12. The summed E-state index contributed by atoms with van der Waals surface area (Å²) in [5, 5.41) is 9.60. The first-order valence-corrected chi connectivity index (χ1v) is 10.1. The highest BCUT2D eigenvalue weighted by atomic mass is 19.2. The monoisotopic (exact) mass is 460 g/mol. The predicted molar refractivity (Wildman–Crippen MR) is 122 cm³/mol. The molecule has 0 bridgehead atoms. The summed E-state index contributed by atoms with van der Waals surface area (Å²) < 4.78 is 32.4. The van der Waals surface area contributed by atoms with Crippen molar-refractivity contribution in [3.63, 3.8) is 0 Å². The lowest BCUT2D eigenvalue weighted by molar-refractivity contribution is 0.0694. The number of hydrogen-bond acceptors (Lipinski definition) is 5. The van der Waals surface area contributed by atoms with Crippen LogP contribution in [-0.4, -0.2) is 28.9 Å². The van der Waals surface area contributed by atoms with E-state index in [0.717, 1.165) is 12.1 Å². The molecule has 4 aromatic rings. The molecule has 1 aromatic heterocycles. The molecule has 0 amide bonds. The van der Waals surface area contributed by atoms with Crippen LogP contribution in [0.15, 0.2) is 85.1 Å². The van der Waals surface area contributed by atoms with Crippen molar-refractivity contribution in [3.8, 4) is 11.5 Å². The van der Waals surface area contributed by atoms with Crippen LogP contribution in [0.25, 0.3) is 0 Å². The SMILES string of the molecule is CN(c1ccc(C(=O)c2ccc(Oc3ccccc3)c(C(=O)O)c2)nc1)c1ccc(F)c(F)c1. The quantitative estimate of drug-likeness (QED) is 0.349. The van der Waals surface area contributed by atoms with E-state index in [1.54, 1.807) is 48.3 Å². The summed E-state index contributed by atoms with van der Waals surface area (Å²) in [6.07, 6.45) is 1.42. The molecule has 0 atom stereocenters. The Morgan fingerprint density at radius 2 is 1.62 bits per heavy atom. The first-order valence-electron chi connectivity index (χ1n) is 10.1. The van der Waals surface area contributed by atoms with E-state index >= 15 is 0 Å². The van der Waals surface area contributed by atoms with Crippen LogP contribution < -0.4 is 9.64 Å². The number of benzene rings is 3. The number of carboxylic acids is 1. The Hall–Kier alpha value is -4.59. The molecule has 0 aliphatic carbocycles. The maximum absolute atomic E-state index is 13.5. The van der Waals surface area contributed by atoms with E-state index in [9.17, 15) is 23.5 Å². The highest BCUT2D eigenvalue weighted by Crippen LogP contribution is 2.28. The number of aromatic nitrogens is 1. The van der Waals surface area contributed by atoms with Crippen molar-refractivity contribution in [1.82, 2.24) is 4.98 Å². The fraction of sp³-hybridized carbons (Fsp3) is 0.0385. The number of carbonyl (C=O) groups excluding carboxylic acids is 1. The van der Waals surface area contributed by atoms with Gasteiger partial charge >= 0.3 is 5.97 Å². The van der Waals surface area contributed by atoms with Gasteiger partial charge in [0, 0.05) is 24.4 Å². The minimum absolute atomic E-state index is 0.0931. The van der Waals surface area contributed by atoms with Gasteiger partial charge in [-0.25, -0.2) is 13.6 Å². The molecule has 1 heterocycles. The van der Waals surface area contributed by atoms with Crippen molar-refractivity contribution in [2.24, 2.45) is 0 Å². The van der Waals surface area contributed by atoms with Gasteiger partial charge in [-0.3, -0.25) is 9.78 Å². The molecular weight excluding hydrogens is 442 g/mol. The third-order valence-electron chi connectivity index (χ3n) is 5.10. The van der Waals surface area contributed by atoms with Gasteiger partial charge in [0.1, 0.15) is 22.8 Å². The predicted octanol–water partition coefficient (Wildman–Crippen LogP) is 5.85. The average Bonchev–Trinajstić information content (AvgIpc) is 2.85. The summed E-state index contributed by atoms with van der Waals surface area (Å²) in [5.74, 6) is -3.07. The molecule has 0 saturated heterocycles. The van der Waals surface area contributed by atoms with E-state index in [2.05, 4.69) is 4.98 Å². The van der Waals surface area contributed by atoms with Gasteiger partial charge in [0.05, 0.1) is 11.9 Å². The number of pyridine rings is 1. The van der Waals surface area contributed by atoms with Crippen LogP contribution in [0.3, 0.4) is 0 Å². The standard InChI is InChI=1S/C26H18F2N2O4/c1-30(17-8-10-21(27)22(28)14-17)18-9-11-23(29-15-18)25(31)16-7-12-24(20(13-16)26(32)33)34-19-5-3-2-4-6-19/h2-15H,1H3,(H,32,33). The normalized spacial score (nSPS) is 10.6. The average molecular weight is 460 g/mol. The van der Waals surface area contributed by atoms with Crippen molar-refractivity contribution in [3.05, 3.63) is 114 Å². The first kappa shape index (κ1) is 22.6. The van der Waals surface area contributed by atoms with Crippen LogP contribution >= 0.6 is 0 Å². The van der Waals surface area contributed by atoms with Gasteiger partial charge in [-0.15, -0.1) is 0 Å². The second kappa shape index (κ2) is 9.50. The van der Waals surface area contributed by atoms with E-state index in [1.807, 2.05) is 0 Å². The topological polar surface area (TPSA) is 79.7 Å². The van der Waals surface area contributed by atoms with Gasteiger partial charge < -0.3 is 14.7 Å². The summed E-state index contributed by atoms with van der Waals surface area (Å²) in [6, 6.07) is 19.4. The zero-order valence-electron chi connectivity index (χ0n) is 17.9. The third-order valence-corrected chi connectivity index (χ3v) is 5.10. The molecule has 0 spiro atoms. The highest BCUT2D eigenvalue weighted by molar-refractivity contribution is 6.09. The molecule has 170 valence electrons. The van der Waals surface area contributed by atoms with Gasteiger partial charge in [0.15, 0.2) is 11.6 Å². The van der Waals surface area contributed by atoms with Crippen molar-refractivity contribution < 1.29 is 28.2 Å². The number of ketones is 1. The summed E-state index contributed by atoms with van der Waals surface area (Å²) in [4.78, 5) is 30.4. The largest absolute Gasteiger partial charge is 0.478 e. The number of ether oxygens (including phenoxy) is 1. The molecule has 1 N–H and O–H groups in total. The van der Waals surface area contributed by atoms with Crippen LogP contribution in [0.4, 0.5) is 20.2 Å². The summed E-state index contributed by atoms with van der Waals surface area (Å²) >= 11 is 0. The summed E-state index contributed by atoms with van der Waals surface area (Å²) in [6.45, 7) is 0. The van der Waals surface area contributed by atoms with E-state index < -0.39 is 23.4 Å². The van der Waals surface area contributed by atoms with Gasteiger partial charge in [-0.05, 0) is 54.6 Å². The van der Waals surface area contributed by atoms with Crippen molar-refractivity contribution >= 4 is 23.1 Å². The van der Waals surface area contributed by atoms with E-state index in [1.165, 1.54) is 36.5 Å².